The van der Waals surface area contributed by atoms with Crippen LogP contribution in [0.2, 0.25) is 0 Å². The molecule has 62 valence electrons. The van der Waals surface area contributed by atoms with Gasteiger partial charge in [0.1, 0.15) is 0 Å². The van der Waals surface area contributed by atoms with E-state index in [1.54, 1.807) is 0 Å². The van der Waals surface area contributed by atoms with E-state index in [0.717, 1.165) is 17.8 Å². The average Bonchev–Trinajstić information content (AvgIpc) is 1.85. The number of hydrogen-bond acceptors (Lipinski definition) is 1. The standard InChI is InChI=1S/C10H17N/c1-6-9(4)7-10(5)11-8(2)3/h7H,2,6H2,1,3-5H3/b9-7+,11-10-. The van der Waals surface area contributed by atoms with Crippen molar-refractivity contribution in [2.45, 2.75) is 34.1 Å². The lowest BCUT2D eigenvalue weighted by atomic mass is 10.2. The van der Waals surface area contributed by atoms with Gasteiger partial charge in [0, 0.05) is 11.4 Å². The van der Waals surface area contributed by atoms with Gasteiger partial charge in [0.2, 0.25) is 0 Å². The first kappa shape index (κ1) is 10.2. The molecule has 0 saturated heterocycles. The van der Waals surface area contributed by atoms with E-state index in [1.807, 2.05) is 13.8 Å². The van der Waals surface area contributed by atoms with E-state index in [2.05, 4.69) is 31.5 Å². The molecule has 0 atom stereocenters. The molecule has 0 aromatic carbocycles. The molecule has 1 heteroatoms. The van der Waals surface area contributed by atoms with Gasteiger partial charge in [-0.05, 0) is 33.3 Å². The highest BCUT2D eigenvalue weighted by Crippen LogP contribution is 2.00. The molecule has 0 saturated carbocycles. The third-order valence-electron chi connectivity index (χ3n) is 1.38. The van der Waals surface area contributed by atoms with E-state index in [-0.39, 0.29) is 0 Å². The Balaban J connectivity index is 4.26. The highest BCUT2D eigenvalue weighted by atomic mass is 14.7. The third kappa shape index (κ3) is 5.59. The van der Waals surface area contributed by atoms with Crippen LogP contribution in [0.25, 0.3) is 0 Å². The third-order valence-corrected chi connectivity index (χ3v) is 1.38. The van der Waals surface area contributed by atoms with Crippen LogP contribution in [0.5, 0.6) is 0 Å². The molecule has 0 aromatic heterocycles. The number of allylic oxidation sites excluding steroid dienone is 3. The van der Waals surface area contributed by atoms with Crippen LogP contribution < -0.4 is 0 Å². The van der Waals surface area contributed by atoms with Crippen molar-refractivity contribution in [3.8, 4) is 0 Å². The monoisotopic (exact) mass is 151 g/mol. The van der Waals surface area contributed by atoms with Gasteiger partial charge < -0.3 is 0 Å². The summed E-state index contributed by atoms with van der Waals surface area (Å²) < 4.78 is 0. The van der Waals surface area contributed by atoms with Crippen molar-refractivity contribution in [1.82, 2.24) is 0 Å². The average molecular weight is 151 g/mol. The zero-order valence-electron chi connectivity index (χ0n) is 7.94. The molecular formula is C10H17N. The first-order chi connectivity index (χ1) is 5.06. The molecule has 0 spiro atoms. The maximum atomic E-state index is 4.21. The molecule has 11 heavy (non-hydrogen) atoms. The normalized spacial score (nSPS) is 13.5. The smallest absolute Gasteiger partial charge is 0.0375 e. The molecule has 0 unspecified atom stereocenters. The maximum absolute atomic E-state index is 4.21. The largest absolute Gasteiger partial charge is 0.259 e. The quantitative estimate of drug-likeness (QED) is 0.548. The van der Waals surface area contributed by atoms with Gasteiger partial charge in [-0.25, -0.2) is 0 Å². The van der Waals surface area contributed by atoms with Gasteiger partial charge in [0.25, 0.3) is 0 Å². The first-order valence-electron chi connectivity index (χ1n) is 3.94. The van der Waals surface area contributed by atoms with Gasteiger partial charge in [-0.2, -0.15) is 0 Å². The summed E-state index contributed by atoms with van der Waals surface area (Å²) >= 11 is 0. The van der Waals surface area contributed by atoms with Crippen molar-refractivity contribution in [3.63, 3.8) is 0 Å². The van der Waals surface area contributed by atoms with E-state index in [0.29, 0.717) is 0 Å². The predicted molar refractivity (Wildman–Crippen MR) is 52.0 cm³/mol. The summed E-state index contributed by atoms with van der Waals surface area (Å²) in [5.74, 6) is 0. The molecule has 0 aliphatic rings. The van der Waals surface area contributed by atoms with Crippen LogP contribution in [0.4, 0.5) is 0 Å². The fourth-order valence-electron chi connectivity index (χ4n) is 0.792. The predicted octanol–water partition coefficient (Wildman–Crippen LogP) is 3.34. The van der Waals surface area contributed by atoms with Crippen molar-refractivity contribution >= 4 is 5.71 Å². The Morgan fingerprint density at radius 2 is 1.91 bits per heavy atom. The molecule has 0 fully saturated rings. The molecule has 0 aliphatic carbocycles. The summed E-state index contributed by atoms with van der Waals surface area (Å²) in [6.07, 6.45) is 3.18. The molecule has 1 nitrogen and oxygen atoms in total. The van der Waals surface area contributed by atoms with Gasteiger partial charge in [-0.1, -0.05) is 19.1 Å². The highest BCUT2D eigenvalue weighted by Gasteiger charge is 1.87. The molecule has 0 radical (unpaired) electrons. The van der Waals surface area contributed by atoms with Crippen molar-refractivity contribution in [1.29, 1.82) is 0 Å². The highest BCUT2D eigenvalue weighted by molar-refractivity contribution is 5.93. The number of aliphatic imine (C=N–C) groups is 1. The van der Waals surface area contributed by atoms with Crippen molar-refractivity contribution in [2.24, 2.45) is 4.99 Å². The molecule has 0 bridgehead atoms. The summed E-state index contributed by atoms with van der Waals surface area (Å²) in [5, 5.41) is 0. The fraction of sp³-hybridized carbons (Fsp3) is 0.500. The topological polar surface area (TPSA) is 12.4 Å². The van der Waals surface area contributed by atoms with E-state index in [1.165, 1.54) is 5.57 Å². The molecule has 0 heterocycles. The second-order valence-electron chi connectivity index (χ2n) is 2.83. The summed E-state index contributed by atoms with van der Waals surface area (Å²) in [7, 11) is 0. The van der Waals surface area contributed by atoms with E-state index < -0.39 is 0 Å². The molecular weight excluding hydrogens is 134 g/mol. The van der Waals surface area contributed by atoms with Crippen LogP contribution in [0.3, 0.4) is 0 Å². The van der Waals surface area contributed by atoms with Crippen LogP contribution in [0.1, 0.15) is 34.1 Å². The Morgan fingerprint density at radius 1 is 1.36 bits per heavy atom. The van der Waals surface area contributed by atoms with Gasteiger partial charge in [-0.15, -0.1) is 0 Å². The molecule has 0 rings (SSSR count). The van der Waals surface area contributed by atoms with Crippen molar-refractivity contribution < 1.29 is 0 Å². The lowest BCUT2D eigenvalue weighted by molar-refractivity contribution is 1.10. The fourth-order valence-corrected chi connectivity index (χ4v) is 0.792. The Bertz CT molecular complexity index is 197. The Kier molecular flexibility index (Phi) is 4.51. The SMILES string of the molecule is C=C(C)/N=C(C)\C=C(/C)CC. The minimum Gasteiger partial charge on any atom is -0.259 e. The zero-order valence-corrected chi connectivity index (χ0v) is 7.94. The van der Waals surface area contributed by atoms with Gasteiger partial charge >= 0.3 is 0 Å². The molecule has 0 amide bonds. The number of hydrogen-bond donors (Lipinski definition) is 0. The van der Waals surface area contributed by atoms with Crippen LogP contribution in [0.15, 0.2) is 28.9 Å². The van der Waals surface area contributed by atoms with Crippen LogP contribution in [-0.4, -0.2) is 5.71 Å². The zero-order chi connectivity index (χ0) is 8.85. The summed E-state index contributed by atoms with van der Waals surface area (Å²) in [4.78, 5) is 4.21. The van der Waals surface area contributed by atoms with Crippen molar-refractivity contribution in [2.75, 3.05) is 0 Å². The van der Waals surface area contributed by atoms with Gasteiger partial charge in [-0.3, -0.25) is 4.99 Å². The van der Waals surface area contributed by atoms with Gasteiger partial charge in [0.05, 0.1) is 0 Å². The van der Waals surface area contributed by atoms with Crippen LogP contribution in [0, 0.1) is 0 Å². The Labute approximate surface area is 69.5 Å². The Morgan fingerprint density at radius 3 is 2.27 bits per heavy atom. The number of rotatable bonds is 3. The van der Waals surface area contributed by atoms with E-state index in [4.69, 9.17) is 0 Å². The minimum atomic E-state index is 0.864. The lowest BCUT2D eigenvalue weighted by Crippen LogP contribution is -1.86. The van der Waals surface area contributed by atoms with E-state index >= 15 is 0 Å². The minimum absolute atomic E-state index is 0.864. The number of nitrogens with zero attached hydrogens (tertiary/aromatic N) is 1. The van der Waals surface area contributed by atoms with Crippen molar-refractivity contribution in [3.05, 3.63) is 23.9 Å². The lowest BCUT2D eigenvalue weighted by Gasteiger charge is -1.95. The summed E-state index contributed by atoms with van der Waals surface area (Å²) in [6.45, 7) is 11.9. The second-order valence-corrected chi connectivity index (χ2v) is 2.83. The molecule has 0 aromatic rings. The van der Waals surface area contributed by atoms with Crippen LogP contribution >= 0.6 is 0 Å². The second kappa shape index (κ2) is 4.89. The Hall–Kier alpha value is -0.850. The summed E-state index contributed by atoms with van der Waals surface area (Å²) in [5.41, 5.74) is 3.26. The molecule has 0 aliphatic heterocycles. The first-order valence-corrected chi connectivity index (χ1v) is 3.94. The van der Waals surface area contributed by atoms with E-state index in [9.17, 15) is 0 Å². The molecule has 0 N–H and O–H groups in total. The van der Waals surface area contributed by atoms with Gasteiger partial charge in [0.15, 0.2) is 0 Å². The maximum Gasteiger partial charge on any atom is 0.0375 e. The summed E-state index contributed by atoms with van der Waals surface area (Å²) in [6, 6.07) is 0. The van der Waals surface area contributed by atoms with Crippen LogP contribution in [-0.2, 0) is 0 Å².